The number of carbonyl (C=O) groups excluding carboxylic acids is 2. The van der Waals surface area contributed by atoms with Crippen molar-refractivity contribution in [3.05, 3.63) is 0 Å². The lowest BCUT2D eigenvalue weighted by Gasteiger charge is -2.22. The van der Waals surface area contributed by atoms with Crippen LogP contribution in [0.25, 0.3) is 0 Å². The van der Waals surface area contributed by atoms with E-state index in [2.05, 4.69) is 0 Å². The number of ether oxygens (including phenoxy) is 2. The van der Waals surface area contributed by atoms with E-state index in [1.54, 1.807) is 0 Å². The average molecular weight is 196 g/mol. The molecule has 0 radical (unpaired) electrons. The van der Waals surface area contributed by atoms with Gasteiger partial charge in [-0.25, -0.2) is 0 Å². The summed E-state index contributed by atoms with van der Waals surface area (Å²) in [6.45, 7) is 0. The Kier molecular flexibility index (Phi) is 1.47. The van der Waals surface area contributed by atoms with Crippen molar-refractivity contribution >= 4 is 11.9 Å². The highest BCUT2D eigenvalue weighted by Gasteiger charge is 2.64. The first-order chi connectivity index (χ1) is 6.72. The number of rotatable bonds is 1. The maximum absolute atomic E-state index is 11.5. The molecule has 2 aliphatic carbocycles. The Hall–Kier alpha value is -1.06. The van der Waals surface area contributed by atoms with Crippen LogP contribution in [-0.4, -0.2) is 25.2 Å². The Morgan fingerprint density at radius 2 is 2.29 bits per heavy atom. The van der Waals surface area contributed by atoms with Crippen LogP contribution >= 0.6 is 0 Å². The van der Waals surface area contributed by atoms with Gasteiger partial charge < -0.3 is 9.47 Å². The van der Waals surface area contributed by atoms with Crippen LogP contribution in [0.2, 0.25) is 0 Å². The molecule has 5 unspecified atom stereocenters. The van der Waals surface area contributed by atoms with Gasteiger partial charge in [-0.15, -0.1) is 0 Å². The second-order valence-corrected chi connectivity index (χ2v) is 4.45. The molecule has 14 heavy (non-hydrogen) atoms. The molecule has 1 saturated heterocycles. The van der Waals surface area contributed by atoms with Crippen LogP contribution in [0.3, 0.4) is 0 Å². The molecule has 0 aromatic carbocycles. The zero-order valence-electron chi connectivity index (χ0n) is 7.93. The van der Waals surface area contributed by atoms with Crippen molar-refractivity contribution in [2.45, 2.75) is 18.9 Å². The van der Waals surface area contributed by atoms with Gasteiger partial charge in [0.1, 0.15) is 6.10 Å². The van der Waals surface area contributed by atoms with Crippen molar-refractivity contribution in [2.75, 3.05) is 7.11 Å². The van der Waals surface area contributed by atoms with Crippen molar-refractivity contribution in [3.8, 4) is 0 Å². The van der Waals surface area contributed by atoms with Crippen LogP contribution in [0.15, 0.2) is 0 Å². The Morgan fingerprint density at radius 1 is 1.50 bits per heavy atom. The molecule has 4 nitrogen and oxygen atoms in total. The highest BCUT2D eigenvalue weighted by molar-refractivity contribution is 5.81. The number of esters is 2. The second kappa shape index (κ2) is 2.49. The van der Waals surface area contributed by atoms with Crippen LogP contribution in [0, 0.1) is 23.7 Å². The molecule has 0 amide bonds. The molecule has 3 aliphatic rings. The number of methoxy groups -OCH3 is 1. The zero-order chi connectivity index (χ0) is 9.87. The van der Waals surface area contributed by atoms with E-state index in [1.807, 2.05) is 0 Å². The normalized spacial score (nSPS) is 48.1. The van der Waals surface area contributed by atoms with Crippen molar-refractivity contribution in [2.24, 2.45) is 23.7 Å². The van der Waals surface area contributed by atoms with Crippen LogP contribution in [0.1, 0.15) is 12.8 Å². The van der Waals surface area contributed by atoms with Gasteiger partial charge >= 0.3 is 11.9 Å². The first kappa shape index (κ1) is 8.26. The Bertz CT molecular complexity index is 311. The molecule has 4 heteroatoms. The van der Waals surface area contributed by atoms with Crippen molar-refractivity contribution in [1.82, 2.24) is 0 Å². The summed E-state index contributed by atoms with van der Waals surface area (Å²) in [5.41, 5.74) is 0. The monoisotopic (exact) mass is 196 g/mol. The van der Waals surface area contributed by atoms with Crippen molar-refractivity contribution < 1.29 is 19.1 Å². The third-order valence-corrected chi connectivity index (χ3v) is 3.96. The molecular weight excluding hydrogens is 184 g/mol. The van der Waals surface area contributed by atoms with Gasteiger partial charge in [0.2, 0.25) is 0 Å². The van der Waals surface area contributed by atoms with E-state index in [4.69, 9.17) is 9.47 Å². The first-order valence-corrected chi connectivity index (χ1v) is 5.00. The van der Waals surface area contributed by atoms with Gasteiger partial charge in [-0.1, -0.05) is 0 Å². The van der Waals surface area contributed by atoms with Crippen molar-refractivity contribution in [3.63, 3.8) is 0 Å². The molecule has 0 aromatic heterocycles. The van der Waals surface area contributed by atoms with E-state index in [0.717, 1.165) is 12.8 Å². The third-order valence-electron chi connectivity index (χ3n) is 3.96. The maximum Gasteiger partial charge on any atom is 0.312 e. The smallest absolute Gasteiger partial charge is 0.312 e. The van der Waals surface area contributed by atoms with E-state index in [1.165, 1.54) is 7.11 Å². The van der Waals surface area contributed by atoms with Gasteiger partial charge in [0, 0.05) is 5.92 Å². The molecule has 0 N–H and O–H groups in total. The molecule has 1 heterocycles. The van der Waals surface area contributed by atoms with Crippen LogP contribution in [-0.2, 0) is 19.1 Å². The summed E-state index contributed by atoms with van der Waals surface area (Å²) in [5.74, 6) is 0.175. The van der Waals surface area contributed by atoms with Gasteiger partial charge in [-0.2, -0.15) is 0 Å². The Balaban J connectivity index is 1.92. The highest BCUT2D eigenvalue weighted by Crippen LogP contribution is 2.57. The van der Waals surface area contributed by atoms with Crippen LogP contribution < -0.4 is 0 Å². The topological polar surface area (TPSA) is 52.6 Å². The number of carbonyl (C=O) groups is 2. The largest absolute Gasteiger partial charge is 0.469 e. The molecule has 1 aliphatic heterocycles. The van der Waals surface area contributed by atoms with E-state index in [9.17, 15) is 9.59 Å². The molecule has 2 saturated carbocycles. The van der Waals surface area contributed by atoms with E-state index < -0.39 is 0 Å². The Labute approximate surface area is 81.6 Å². The van der Waals surface area contributed by atoms with E-state index in [0.29, 0.717) is 5.92 Å². The predicted molar refractivity (Wildman–Crippen MR) is 45.1 cm³/mol. The van der Waals surface area contributed by atoms with Gasteiger partial charge in [0.05, 0.1) is 18.9 Å². The molecule has 0 aromatic rings. The fourth-order valence-corrected chi connectivity index (χ4v) is 3.42. The van der Waals surface area contributed by atoms with Gasteiger partial charge in [-0.05, 0) is 18.8 Å². The summed E-state index contributed by atoms with van der Waals surface area (Å²) >= 11 is 0. The first-order valence-electron chi connectivity index (χ1n) is 5.00. The van der Waals surface area contributed by atoms with Gasteiger partial charge in [-0.3, -0.25) is 9.59 Å². The van der Waals surface area contributed by atoms with Crippen molar-refractivity contribution in [1.29, 1.82) is 0 Å². The third kappa shape index (κ3) is 0.792. The molecule has 76 valence electrons. The van der Waals surface area contributed by atoms with Gasteiger partial charge in [0.15, 0.2) is 0 Å². The summed E-state index contributed by atoms with van der Waals surface area (Å²) in [5, 5.41) is 0. The lowest BCUT2D eigenvalue weighted by atomic mass is 9.82. The standard InChI is InChI=1S/C10H12O4/c1-13-10(12)7-4-2-5-6(3-4)9(11)14-8(5)7/h4-8H,2-3H2,1H3. The molecule has 3 rings (SSSR count). The molecule has 5 atom stereocenters. The number of hydrogen-bond donors (Lipinski definition) is 0. The minimum atomic E-state index is -0.212. The van der Waals surface area contributed by atoms with Crippen LogP contribution in [0.4, 0.5) is 0 Å². The molecule has 3 fully saturated rings. The summed E-state index contributed by atoms with van der Waals surface area (Å²) in [6.07, 6.45) is 1.60. The minimum absolute atomic E-state index is 0.0749. The lowest BCUT2D eigenvalue weighted by Crippen LogP contribution is -2.33. The quantitative estimate of drug-likeness (QED) is 0.568. The average Bonchev–Trinajstić information content (AvgIpc) is 2.76. The SMILES string of the molecule is COC(=O)C1C2CC3C(=O)OC1C3C2. The summed E-state index contributed by atoms with van der Waals surface area (Å²) in [4.78, 5) is 22.9. The lowest BCUT2D eigenvalue weighted by molar-refractivity contribution is -0.154. The van der Waals surface area contributed by atoms with E-state index >= 15 is 0 Å². The number of hydrogen-bond acceptors (Lipinski definition) is 4. The Morgan fingerprint density at radius 3 is 3.00 bits per heavy atom. The fraction of sp³-hybridized carbons (Fsp3) is 0.800. The van der Waals surface area contributed by atoms with E-state index in [-0.39, 0.29) is 35.8 Å². The predicted octanol–water partition coefficient (Wildman–Crippen LogP) is 0.357. The molecular formula is C10H12O4. The highest BCUT2D eigenvalue weighted by atomic mass is 16.6. The zero-order valence-corrected chi connectivity index (χ0v) is 7.93. The summed E-state index contributed by atoms with van der Waals surface area (Å²) in [7, 11) is 1.39. The van der Waals surface area contributed by atoms with Gasteiger partial charge in [0.25, 0.3) is 0 Å². The van der Waals surface area contributed by atoms with Crippen LogP contribution in [0.5, 0.6) is 0 Å². The molecule has 2 bridgehead atoms. The number of fused-ring (bicyclic) bond motifs is 1. The summed E-state index contributed by atoms with van der Waals surface area (Å²) < 4.78 is 9.98. The summed E-state index contributed by atoms with van der Waals surface area (Å²) in [6, 6.07) is 0. The maximum atomic E-state index is 11.5. The minimum Gasteiger partial charge on any atom is -0.469 e. The molecule has 0 spiro atoms. The second-order valence-electron chi connectivity index (χ2n) is 4.45. The fourth-order valence-electron chi connectivity index (χ4n) is 3.42.